The highest BCUT2D eigenvalue weighted by Crippen LogP contribution is 2.25. The molecule has 0 saturated heterocycles. The minimum absolute atomic E-state index is 0.0602. The first kappa shape index (κ1) is 13.3. The van der Waals surface area contributed by atoms with E-state index in [0.29, 0.717) is 10.3 Å². The van der Waals surface area contributed by atoms with Crippen LogP contribution >= 0.6 is 27.5 Å². The summed E-state index contributed by atoms with van der Waals surface area (Å²) in [6.45, 7) is 0. The van der Waals surface area contributed by atoms with Crippen LogP contribution in [0.5, 0.6) is 0 Å². The Morgan fingerprint density at radius 3 is 2.78 bits per heavy atom. The van der Waals surface area contributed by atoms with E-state index in [-0.39, 0.29) is 10.0 Å². The van der Waals surface area contributed by atoms with Crippen molar-refractivity contribution in [3.8, 4) is 0 Å². The van der Waals surface area contributed by atoms with Gasteiger partial charge in [-0.25, -0.2) is 4.98 Å². The van der Waals surface area contributed by atoms with E-state index < -0.39 is 10.0 Å². The van der Waals surface area contributed by atoms with Crippen molar-refractivity contribution in [2.75, 3.05) is 4.72 Å². The van der Waals surface area contributed by atoms with Gasteiger partial charge in [0.25, 0.3) is 10.0 Å². The molecule has 2 aromatic heterocycles. The zero-order valence-corrected chi connectivity index (χ0v) is 12.3. The van der Waals surface area contributed by atoms with E-state index in [1.54, 1.807) is 18.3 Å². The van der Waals surface area contributed by atoms with Gasteiger partial charge in [0.2, 0.25) is 0 Å². The summed E-state index contributed by atoms with van der Waals surface area (Å²) in [6, 6.07) is 3.20. The zero-order valence-electron chi connectivity index (χ0n) is 9.13. The highest BCUT2D eigenvalue weighted by atomic mass is 79.9. The van der Waals surface area contributed by atoms with Gasteiger partial charge in [-0.05, 0) is 28.1 Å². The van der Waals surface area contributed by atoms with Crippen LogP contribution in [0, 0.1) is 0 Å². The van der Waals surface area contributed by atoms with Crippen LogP contribution in [-0.2, 0) is 17.1 Å². The van der Waals surface area contributed by atoms with Crippen molar-refractivity contribution in [1.29, 1.82) is 0 Å². The van der Waals surface area contributed by atoms with Gasteiger partial charge >= 0.3 is 0 Å². The maximum Gasteiger partial charge on any atom is 0.280 e. The van der Waals surface area contributed by atoms with Crippen molar-refractivity contribution in [2.45, 2.75) is 5.03 Å². The smallest absolute Gasteiger partial charge is 0.276 e. The Labute approximate surface area is 117 Å². The number of halogens is 2. The molecule has 2 rings (SSSR count). The number of hydrogen-bond acceptors (Lipinski definition) is 4. The monoisotopic (exact) mass is 350 g/mol. The van der Waals surface area contributed by atoms with Gasteiger partial charge in [0.15, 0.2) is 5.03 Å². The second kappa shape index (κ2) is 4.87. The fourth-order valence-electron chi connectivity index (χ4n) is 1.36. The lowest BCUT2D eigenvalue weighted by Crippen LogP contribution is -2.17. The van der Waals surface area contributed by atoms with Crippen LogP contribution in [0.2, 0.25) is 5.02 Å². The minimum atomic E-state index is -3.81. The van der Waals surface area contributed by atoms with Crippen LogP contribution in [0.1, 0.15) is 0 Å². The van der Waals surface area contributed by atoms with E-state index in [9.17, 15) is 8.42 Å². The largest absolute Gasteiger partial charge is 0.280 e. The molecule has 6 nitrogen and oxygen atoms in total. The lowest BCUT2D eigenvalue weighted by molar-refractivity contribution is 0.582. The van der Waals surface area contributed by atoms with Gasteiger partial charge in [-0.15, -0.1) is 0 Å². The molecular formula is C9H8BrClN4O2S. The van der Waals surface area contributed by atoms with Gasteiger partial charge in [-0.3, -0.25) is 9.40 Å². The molecule has 0 aliphatic rings. The number of aromatic nitrogens is 3. The average molecular weight is 352 g/mol. The lowest BCUT2D eigenvalue weighted by Gasteiger charge is -2.09. The molecule has 0 spiro atoms. The van der Waals surface area contributed by atoms with E-state index in [0.717, 1.165) is 0 Å². The summed E-state index contributed by atoms with van der Waals surface area (Å²) >= 11 is 8.96. The first-order valence-electron chi connectivity index (χ1n) is 4.72. The Morgan fingerprint density at radius 2 is 2.22 bits per heavy atom. The Balaban J connectivity index is 2.43. The second-order valence-electron chi connectivity index (χ2n) is 3.37. The Hall–Kier alpha value is -1.12. The lowest BCUT2D eigenvalue weighted by atomic mass is 10.4. The number of nitrogens with one attached hydrogen (secondary N) is 1. The van der Waals surface area contributed by atoms with Gasteiger partial charge < -0.3 is 0 Å². The zero-order chi connectivity index (χ0) is 13.3. The standard InChI is InChI=1S/C9H8BrClN4O2S/c1-15-9(6(11)5-13-15)18(16,17)14-7-3-2-4-12-8(7)10/h2-5,14H,1H3. The van der Waals surface area contributed by atoms with Crippen LogP contribution in [0.3, 0.4) is 0 Å². The minimum Gasteiger partial charge on any atom is -0.276 e. The van der Waals surface area contributed by atoms with Crippen LogP contribution in [-0.4, -0.2) is 23.2 Å². The van der Waals surface area contributed by atoms with Crippen molar-refractivity contribution in [3.05, 3.63) is 34.2 Å². The number of anilines is 1. The number of hydrogen-bond donors (Lipinski definition) is 1. The molecule has 18 heavy (non-hydrogen) atoms. The number of rotatable bonds is 3. The van der Waals surface area contributed by atoms with Crippen LogP contribution in [0.25, 0.3) is 0 Å². The number of pyridine rings is 1. The third kappa shape index (κ3) is 2.50. The van der Waals surface area contributed by atoms with E-state index in [1.807, 2.05) is 0 Å². The topological polar surface area (TPSA) is 76.9 Å². The molecule has 2 aromatic rings. The molecule has 0 fully saturated rings. The molecule has 0 unspecified atom stereocenters. The molecule has 2 heterocycles. The predicted molar refractivity (Wildman–Crippen MR) is 71.0 cm³/mol. The average Bonchev–Trinajstić information content (AvgIpc) is 2.62. The van der Waals surface area contributed by atoms with Crippen LogP contribution < -0.4 is 4.72 Å². The summed E-state index contributed by atoms with van der Waals surface area (Å²) in [5, 5.41) is 3.75. The van der Waals surface area contributed by atoms with E-state index in [2.05, 4.69) is 30.7 Å². The molecule has 0 radical (unpaired) electrons. The Morgan fingerprint density at radius 1 is 1.50 bits per heavy atom. The van der Waals surface area contributed by atoms with Gasteiger partial charge in [-0.1, -0.05) is 11.6 Å². The van der Waals surface area contributed by atoms with Gasteiger partial charge in [0, 0.05) is 13.2 Å². The molecular weight excluding hydrogens is 344 g/mol. The van der Waals surface area contributed by atoms with E-state index in [4.69, 9.17) is 11.6 Å². The quantitative estimate of drug-likeness (QED) is 0.858. The van der Waals surface area contributed by atoms with Gasteiger partial charge in [0.1, 0.15) is 4.60 Å². The molecule has 0 amide bonds. The summed E-state index contributed by atoms with van der Waals surface area (Å²) in [5.74, 6) is 0. The second-order valence-corrected chi connectivity index (χ2v) is 6.12. The summed E-state index contributed by atoms with van der Waals surface area (Å²) in [5.41, 5.74) is 0.328. The molecule has 0 atom stereocenters. The maximum atomic E-state index is 12.2. The summed E-state index contributed by atoms with van der Waals surface area (Å²) in [4.78, 5) is 3.92. The van der Waals surface area contributed by atoms with Gasteiger partial charge in [0.05, 0.1) is 16.9 Å². The summed E-state index contributed by atoms with van der Waals surface area (Å²) in [6.07, 6.45) is 2.81. The number of sulfonamides is 1. The van der Waals surface area contributed by atoms with E-state index in [1.165, 1.54) is 17.9 Å². The third-order valence-corrected chi connectivity index (χ3v) is 4.60. The first-order valence-corrected chi connectivity index (χ1v) is 7.38. The normalized spacial score (nSPS) is 11.5. The third-order valence-electron chi connectivity index (χ3n) is 2.10. The highest BCUT2D eigenvalue weighted by Gasteiger charge is 2.23. The predicted octanol–water partition coefficient (Wildman–Crippen LogP) is 2.03. The molecule has 0 aliphatic heterocycles. The fourth-order valence-corrected chi connectivity index (χ4v) is 3.56. The van der Waals surface area contributed by atoms with Crippen molar-refractivity contribution in [2.24, 2.45) is 7.05 Å². The van der Waals surface area contributed by atoms with Crippen LogP contribution in [0.15, 0.2) is 34.2 Å². The molecule has 96 valence electrons. The van der Waals surface area contributed by atoms with Crippen molar-refractivity contribution in [3.63, 3.8) is 0 Å². The van der Waals surface area contributed by atoms with Gasteiger partial charge in [-0.2, -0.15) is 13.5 Å². The summed E-state index contributed by atoms with van der Waals surface area (Å²) in [7, 11) is -2.31. The SMILES string of the molecule is Cn1ncc(Cl)c1S(=O)(=O)Nc1cccnc1Br. The number of aryl methyl sites for hydroxylation is 1. The highest BCUT2D eigenvalue weighted by molar-refractivity contribution is 9.10. The summed E-state index contributed by atoms with van der Waals surface area (Å²) < 4.78 is 28.3. The number of nitrogens with zero attached hydrogens (tertiary/aromatic N) is 3. The fraction of sp³-hybridized carbons (Fsp3) is 0.111. The van der Waals surface area contributed by atoms with Crippen molar-refractivity contribution in [1.82, 2.24) is 14.8 Å². The molecule has 0 aliphatic carbocycles. The Kier molecular flexibility index (Phi) is 3.60. The molecule has 1 N–H and O–H groups in total. The molecule has 9 heteroatoms. The molecule has 0 bridgehead atoms. The Bertz CT molecular complexity index is 666. The van der Waals surface area contributed by atoms with Crippen molar-refractivity contribution >= 4 is 43.2 Å². The van der Waals surface area contributed by atoms with E-state index >= 15 is 0 Å². The molecule has 0 saturated carbocycles. The maximum absolute atomic E-state index is 12.2. The molecule has 0 aromatic carbocycles. The van der Waals surface area contributed by atoms with Crippen molar-refractivity contribution < 1.29 is 8.42 Å². The first-order chi connectivity index (χ1) is 8.42. The van der Waals surface area contributed by atoms with Crippen LogP contribution in [0.4, 0.5) is 5.69 Å².